The van der Waals surface area contributed by atoms with Crippen molar-refractivity contribution < 1.29 is 9.90 Å². The van der Waals surface area contributed by atoms with Gasteiger partial charge in [0.2, 0.25) is 0 Å². The Labute approximate surface area is 223 Å². The van der Waals surface area contributed by atoms with E-state index in [4.69, 9.17) is 0 Å². The first kappa shape index (κ1) is 26.9. The number of nitrogens with zero attached hydrogens (tertiary/aromatic N) is 4. The standard InChI is InChI=1S/C29H35N7O2/c1-18(20(3)22-6-5-7-23-24(29(38)30-4)11-13-32-28(22)23)15-33-27-14-25(35-17-36-27)21-8-9-26(34-16-21)31-12-10-19(2)37/h5-9,11,13-14,16-20,37H,10,12,15H2,1-4H3,(H,30,38)(H,31,34)(H,33,35,36)/t18-,19?,20?/m1/s1. The summed E-state index contributed by atoms with van der Waals surface area (Å²) in [7, 11) is 1.64. The molecule has 0 aliphatic carbocycles. The van der Waals surface area contributed by atoms with E-state index in [2.05, 4.69) is 55.8 Å². The lowest BCUT2D eigenvalue weighted by Crippen LogP contribution is -2.19. The first-order valence-corrected chi connectivity index (χ1v) is 12.9. The van der Waals surface area contributed by atoms with Gasteiger partial charge in [-0.05, 0) is 48.9 Å². The summed E-state index contributed by atoms with van der Waals surface area (Å²) in [5, 5.41) is 19.6. The molecule has 0 spiro atoms. The molecular weight excluding hydrogens is 478 g/mol. The lowest BCUT2D eigenvalue weighted by Gasteiger charge is -2.22. The molecule has 0 saturated carbocycles. The number of fused-ring (bicyclic) bond motifs is 1. The number of aliphatic hydroxyl groups excluding tert-OH is 1. The van der Waals surface area contributed by atoms with Gasteiger partial charge in [0.25, 0.3) is 5.91 Å². The molecule has 4 N–H and O–H groups in total. The molecule has 4 aromatic rings. The van der Waals surface area contributed by atoms with Crippen molar-refractivity contribution in [1.29, 1.82) is 0 Å². The van der Waals surface area contributed by atoms with Crippen LogP contribution in [0, 0.1) is 5.92 Å². The van der Waals surface area contributed by atoms with Crippen LogP contribution < -0.4 is 16.0 Å². The van der Waals surface area contributed by atoms with E-state index in [-0.39, 0.29) is 23.8 Å². The van der Waals surface area contributed by atoms with Gasteiger partial charge in [0.1, 0.15) is 18.0 Å². The van der Waals surface area contributed by atoms with Crippen molar-refractivity contribution in [1.82, 2.24) is 25.3 Å². The molecule has 3 atom stereocenters. The summed E-state index contributed by atoms with van der Waals surface area (Å²) in [6.07, 6.45) is 5.35. The number of amides is 1. The molecule has 198 valence electrons. The third kappa shape index (κ3) is 6.41. The van der Waals surface area contributed by atoms with Gasteiger partial charge >= 0.3 is 0 Å². The van der Waals surface area contributed by atoms with Crippen LogP contribution in [-0.2, 0) is 0 Å². The van der Waals surface area contributed by atoms with E-state index >= 15 is 0 Å². The Balaban J connectivity index is 1.42. The Hall–Kier alpha value is -4.11. The van der Waals surface area contributed by atoms with Gasteiger partial charge in [-0.15, -0.1) is 0 Å². The summed E-state index contributed by atoms with van der Waals surface area (Å²) in [4.78, 5) is 30.2. The maximum atomic E-state index is 12.3. The molecule has 0 radical (unpaired) electrons. The molecule has 0 aliphatic rings. The van der Waals surface area contributed by atoms with Crippen molar-refractivity contribution in [2.75, 3.05) is 30.8 Å². The van der Waals surface area contributed by atoms with Crippen LogP contribution in [-0.4, -0.2) is 57.2 Å². The van der Waals surface area contributed by atoms with Gasteiger partial charge < -0.3 is 21.1 Å². The minimum absolute atomic E-state index is 0.117. The van der Waals surface area contributed by atoms with E-state index in [1.807, 2.05) is 30.3 Å². The van der Waals surface area contributed by atoms with Crippen molar-refractivity contribution in [3.8, 4) is 11.3 Å². The van der Waals surface area contributed by atoms with Gasteiger partial charge in [0, 0.05) is 49.5 Å². The summed E-state index contributed by atoms with van der Waals surface area (Å²) in [6.45, 7) is 7.50. The SMILES string of the molecule is CNC(=O)c1ccnc2c(C(C)[C@H](C)CNc3cc(-c4ccc(NCCC(C)O)nc4)ncn3)cccc12. The van der Waals surface area contributed by atoms with Gasteiger partial charge in [-0.3, -0.25) is 9.78 Å². The Morgan fingerprint density at radius 2 is 1.82 bits per heavy atom. The number of pyridine rings is 2. The topological polar surface area (TPSA) is 125 Å². The molecule has 0 aliphatic heterocycles. The third-order valence-corrected chi connectivity index (χ3v) is 6.82. The number of nitrogens with one attached hydrogen (secondary N) is 3. The Morgan fingerprint density at radius 1 is 0.974 bits per heavy atom. The molecule has 4 rings (SSSR count). The monoisotopic (exact) mass is 513 g/mol. The number of carbonyl (C=O) groups is 1. The van der Waals surface area contributed by atoms with Crippen LogP contribution in [0.2, 0.25) is 0 Å². The van der Waals surface area contributed by atoms with Crippen LogP contribution in [0.3, 0.4) is 0 Å². The highest BCUT2D eigenvalue weighted by Crippen LogP contribution is 2.31. The molecule has 0 saturated heterocycles. The number of para-hydroxylation sites is 1. The molecule has 2 unspecified atom stereocenters. The predicted octanol–water partition coefficient (Wildman–Crippen LogP) is 4.48. The second-order valence-electron chi connectivity index (χ2n) is 9.61. The fourth-order valence-corrected chi connectivity index (χ4v) is 4.32. The minimum Gasteiger partial charge on any atom is -0.393 e. The maximum Gasteiger partial charge on any atom is 0.251 e. The van der Waals surface area contributed by atoms with Crippen molar-refractivity contribution in [3.05, 3.63) is 72.3 Å². The summed E-state index contributed by atoms with van der Waals surface area (Å²) in [6, 6.07) is 13.6. The van der Waals surface area contributed by atoms with E-state index in [9.17, 15) is 9.90 Å². The Morgan fingerprint density at radius 3 is 2.55 bits per heavy atom. The number of aliphatic hydroxyl groups is 1. The molecule has 1 amide bonds. The van der Waals surface area contributed by atoms with E-state index in [1.165, 1.54) is 0 Å². The molecule has 0 bridgehead atoms. The number of carbonyl (C=O) groups excluding carboxylic acids is 1. The van der Waals surface area contributed by atoms with Gasteiger partial charge in [-0.1, -0.05) is 32.0 Å². The molecular formula is C29H35N7O2. The van der Waals surface area contributed by atoms with Crippen LogP contribution in [0.25, 0.3) is 22.2 Å². The Bertz CT molecular complexity index is 1380. The van der Waals surface area contributed by atoms with E-state index in [1.54, 1.807) is 38.8 Å². The number of hydrogen-bond acceptors (Lipinski definition) is 8. The highest BCUT2D eigenvalue weighted by atomic mass is 16.3. The Kier molecular flexibility index (Phi) is 8.81. The van der Waals surface area contributed by atoms with Crippen LogP contribution >= 0.6 is 0 Å². The molecule has 3 heterocycles. The number of hydrogen-bond donors (Lipinski definition) is 4. The number of benzene rings is 1. The van der Waals surface area contributed by atoms with Gasteiger partial charge in [-0.2, -0.15) is 0 Å². The average Bonchev–Trinajstić information content (AvgIpc) is 2.94. The summed E-state index contributed by atoms with van der Waals surface area (Å²) in [5.74, 6) is 1.84. The van der Waals surface area contributed by atoms with Crippen molar-refractivity contribution >= 4 is 28.4 Å². The normalized spacial score (nSPS) is 13.5. The first-order valence-electron chi connectivity index (χ1n) is 12.9. The second kappa shape index (κ2) is 12.4. The van der Waals surface area contributed by atoms with Gasteiger partial charge in [0.15, 0.2) is 0 Å². The zero-order valence-corrected chi connectivity index (χ0v) is 22.3. The van der Waals surface area contributed by atoms with Crippen LogP contribution in [0.1, 0.15) is 49.0 Å². The zero-order valence-electron chi connectivity index (χ0n) is 22.3. The van der Waals surface area contributed by atoms with Crippen LogP contribution in [0.5, 0.6) is 0 Å². The largest absolute Gasteiger partial charge is 0.393 e. The van der Waals surface area contributed by atoms with E-state index in [0.717, 1.165) is 39.4 Å². The summed E-state index contributed by atoms with van der Waals surface area (Å²) < 4.78 is 0. The second-order valence-corrected chi connectivity index (χ2v) is 9.61. The zero-order chi connectivity index (χ0) is 27.1. The fraction of sp³-hybridized carbons (Fsp3) is 0.345. The molecule has 38 heavy (non-hydrogen) atoms. The van der Waals surface area contributed by atoms with Gasteiger partial charge in [0.05, 0.1) is 22.9 Å². The lowest BCUT2D eigenvalue weighted by molar-refractivity contribution is 0.0964. The number of anilines is 2. The molecule has 9 heteroatoms. The smallest absolute Gasteiger partial charge is 0.251 e. The maximum absolute atomic E-state index is 12.3. The predicted molar refractivity (Wildman–Crippen MR) is 151 cm³/mol. The highest BCUT2D eigenvalue weighted by Gasteiger charge is 2.19. The fourth-order valence-electron chi connectivity index (χ4n) is 4.32. The van der Waals surface area contributed by atoms with Crippen LogP contribution in [0.15, 0.2) is 61.2 Å². The minimum atomic E-state index is -0.343. The van der Waals surface area contributed by atoms with Crippen molar-refractivity contribution in [2.45, 2.75) is 39.2 Å². The number of aromatic nitrogens is 4. The lowest BCUT2D eigenvalue weighted by atomic mass is 9.87. The molecule has 1 aromatic carbocycles. The van der Waals surface area contributed by atoms with E-state index in [0.29, 0.717) is 25.1 Å². The van der Waals surface area contributed by atoms with Crippen molar-refractivity contribution in [2.24, 2.45) is 5.92 Å². The third-order valence-electron chi connectivity index (χ3n) is 6.82. The quantitative estimate of drug-likeness (QED) is 0.231. The highest BCUT2D eigenvalue weighted by molar-refractivity contribution is 6.06. The van der Waals surface area contributed by atoms with Crippen molar-refractivity contribution in [3.63, 3.8) is 0 Å². The average molecular weight is 514 g/mol. The molecule has 3 aromatic heterocycles. The summed E-state index contributed by atoms with van der Waals surface area (Å²) in [5.41, 5.74) is 4.27. The molecule has 0 fully saturated rings. The van der Waals surface area contributed by atoms with E-state index < -0.39 is 0 Å². The van der Waals surface area contributed by atoms with Gasteiger partial charge in [-0.25, -0.2) is 15.0 Å². The number of rotatable bonds is 11. The summed E-state index contributed by atoms with van der Waals surface area (Å²) >= 11 is 0. The molecule has 9 nitrogen and oxygen atoms in total. The first-order chi connectivity index (χ1) is 18.4. The van der Waals surface area contributed by atoms with Crippen LogP contribution in [0.4, 0.5) is 11.6 Å².